The summed E-state index contributed by atoms with van der Waals surface area (Å²) in [6.45, 7) is 9.67. The number of aliphatic hydroxyl groups excluding tert-OH is 1. The molecule has 0 saturated carbocycles. The highest BCUT2D eigenvalue weighted by molar-refractivity contribution is 7.09. The first-order chi connectivity index (χ1) is 8.52. The first kappa shape index (κ1) is 14.9. The van der Waals surface area contributed by atoms with Gasteiger partial charge in [0, 0.05) is 5.38 Å². The second-order valence-corrected chi connectivity index (χ2v) is 5.54. The molecule has 1 N–H and O–H groups in total. The fourth-order valence-corrected chi connectivity index (χ4v) is 2.16. The highest BCUT2D eigenvalue weighted by Crippen LogP contribution is 2.15. The lowest BCUT2D eigenvalue weighted by Crippen LogP contribution is -2.06. The summed E-state index contributed by atoms with van der Waals surface area (Å²) in [4.78, 5) is 4.36. The molecule has 18 heavy (non-hydrogen) atoms. The van der Waals surface area contributed by atoms with Crippen LogP contribution in [0.1, 0.15) is 37.4 Å². The third kappa shape index (κ3) is 4.98. The lowest BCUT2D eigenvalue weighted by molar-refractivity contribution is 0.215. The van der Waals surface area contributed by atoms with E-state index in [0.717, 1.165) is 22.7 Å². The van der Waals surface area contributed by atoms with Crippen LogP contribution < -0.4 is 0 Å². The fourth-order valence-electron chi connectivity index (χ4n) is 1.59. The van der Waals surface area contributed by atoms with Crippen LogP contribution in [0.25, 0.3) is 6.08 Å². The molecule has 98 valence electrons. The number of aliphatic hydroxyl groups is 1. The van der Waals surface area contributed by atoms with Crippen molar-refractivity contribution in [2.75, 3.05) is 0 Å². The van der Waals surface area contributed by atoms with Crippen molar-refractivity contribution in [2.24, 2.45) is 0 Å². The van der Waals surface area contributed by atoms with E-state index in [1.807, 2.05) is 31.4 Å². The first-order valence-corrected chi connectivity index (χ1v) is 6.95. The minimum atomic E-state index is -0.438. The Hall–Kier alpha value is -1.19. The SMILES string of the molecule is C=CC/C(C)=C\CC(O)/C(C)=C/c1csc(C)n1. The Morgan fingerprint density at radius 1 is 1.56 bits per heavy atom. The Kier molecular flexibility index (Phi) is 6.02. The number of allylic oxidation sites excluding steroid dienone is 2. The second kappa shape index (κ2) is 7.29. The Morgan fingerprint density at radius 3 is 2.83 bits per heavy atom. The van der Waals surface area contributed by atoms with Gasteiger partial charge in [-0.3, -0.25) is 0 Å². The molecule has 0 amide bonds. The number of aryl methyl sites for hydroxylation is 1. The zero-order chi connectivity index (χ0) is 13.5. The third-order valence-electron chi connectivity index (χ3n) is 2.69. The maximum absolute atomic E-state index is 10.0. The molecule has 0 aliphatic carbocycles. The molecule has 0 fully saturated rings. The molecule has 1 atom stereocenters. The van der Waals surface area contributed by atoms with Crippen molar-refractivity contribution >= 4 is 17.4 Å². The van der Waals surface area contributed by atoms with Gasteiger partial charge in [0.05, 0.1) is 16.8 Å². The minimum Gasteiger partial charge on any atom is -0.388 e. The van der Waals surface area contributed by atoms with Gasteiger partial charge in [-0.2, -0.15) is 0 Å². The van der Waals surface area contributed by atoms with Crippen LogP contribution in [0, 0.1) is 6.92 Å². The monoisotopic (exact) mass is 263 g/mol. The lowest BCUT2D eigenvalue weighted by Gasteiger charge is -2.08. The van der Waals surface area contributed by atoms with Gasteiger partial charge in [-0.05, 0) is 45.3 Å². The van der Waals surface area contributed by atoms with E-state index < -0.39 is 6.10 Å². The average Bonchev–Trinajstić information content (AvgIpc) is 2.72. The molecular formula is C15H21NOS. The van der Waals surface area contributed by atoms with Crippen molar-refractivity contribution in [1.29, 1.82) is 0 Å². The summed E-state index contributed by atoms with van der Waals surface area (Å²) in [5, 5.41) is 13.1. The molecule has 2 nitrogen and oxygen atoms in total. The van der Waals surface area contributed by atoms with Crippen molar-refractivity contribution in [1.82, 2.24) is 4.98 Å². The summed E-state index contributed by atoms with van der Waals surface area (Å²) < 4.78 is 0. The molecule has 0 radical (unpaired) electrons. The highest BCUT2D eigenvalue weighted by atomic mass is 32.1. The van der Waals surface area contributed by atoms with Crippen LogP contribution in [0.5, 0.6) is 0 Å². The minimum absolute atomic E-state index is 0.438. The predicted molar refractivity (Wildman–Crippen MR) is 79.7 cm³/mol. The van der Waals surface area contributed by atoms with E-state index in [2.05, 4.69) is 24.6 Å². The van der Waals surface area contributed by atoms with Crippen molar-refractivity contribution < 1.29 is 5.11 Å². The summed E-state index contributed by atoms with van der Waals surface area (Å²) >= 11 is 1.62. The molecule has 0 aromatic carbocycles. The average molecular weight is 263 g/mol. The maximum atomic E-state index is 10.0. The van der Waals surface area contributed by atoms with Gasteiger partial charge in [0.1, 0.15) is 0 Å². The molecule has 0 aliphatic heterocycles. The molecule has 1 unspecified atom stereocenters. The largest absolute Gasteiger partial charge is 0.388 e. The number of hydrogen-bond donors (Lipinski definition) is 1. The van der Waals surface area contributed by atoms with Crippen LogP contribution in [-0.4, -0.2) is 16.2 Å². The van der Waals surface area contributed by atoms with Gasteiger partial charge in [0.25, 0.3) is 0 Å². The second-order valence-electron chi connectivity index (χ2n) is 4.47. The highest BCUT2D eigenvalue weighted by Gasteiger charge is 2.05. The lowest BCUT2D eigenvalue weighted by atomic mass is 10.0. The topological polar surface area (TPSA) is 33.1 Å². The standard InChI is InChI=1S/C15H21NOS/c1-5-6-11(2)7-8-15(17)12(3)9-14-10-18-13(4)16-14/h5,7,9-10,15,17H,1,6,8H2,2-4H3/b11-7-,12-9+. The Balaban J connectivity index is 2.61. The van der Waals surface area contributed by atoms with Crippen LogP contribution in [0.3, 0.4) is 0 Å². The van der Waals surface area contributed by atoms with Gasteiger partial charge >= 0.3 is 0 Å². The molecule has 1 rings (SSSR count). The number of rotatable bonds is 6. The predicted octanol–water partition coefficient (Wildman–Crippen LogP) is 4.13. The number of nitrogens with zero attached hydrogens (tertiary/aromatic N) is 1. The van der Waals surface area contributed by atoms with Crippen molar-refractivity contribution in [3.8, 4) is 0 Å². The smallest absolute Gasteiger partial charge is 0.0901 e. The summed E-state index contributed by atoms with van der Waals surface area (Å²) in [5.74, 6) is 0. The molecule has 1 aromatic rings. The summed E-state index contributed by atoms with van der Waals surface area (Å²) in [5.41, 5.74) is 3.12. The molecule has 0 saturated heterocycles. The maximum Gasteiger partial charge on any atom is 0.0901 e. The summed E-state index contributed by atoms with van der Waals surface area (Å²) in [6.07, 6.45) is 6.97. The zero-order valence-corrected chi connectivity index (χ0v) is 12.1. The summed E-state index contributed by atoms with van der Waals surface area (Å²) in [6, 6.07) is 0. The van der Waals surface area contributed by atoms with Crippen molar-refractivity contribution in [3.05, 3.63) is 46.0 Å². The Labute approximate surface area is 113 Å². The van der Waals surface area contributed by atoms with E-state index >= 15 is 0 Å². The molecular weight excluding hydrogens is 242 g/mol. The molecule has 0 spiro atoms. The van der Waals surface area contributed by atoms with Gasteiger partial charge in [0.15, 0.2) is 0 Å². The van der Waals surface area contributed by atoms with Crippen molar-refractivity contribution in [2.45, 2.75) is 39.7 Å². The number of hydrogen-bond acceptors (Lipinski definition) is 3. The molecule has 1 heterocycles. The number of aromatic nitrogens is 1. The quantitative estimate of drug-likeness (QED) is 0.783. The van der Waals surface area contributed by atoms with E-state index in [9.17, 15) is 5.11 Å². The molecule has 1 aromatic heterocycles. The Bertz CT molecular complexity index is 457. The number of thiazole rings is 1. The van der Waals surface area contributed by atoms with Gasteiger partial charge in [-0.15, -0.1) is 17.9 Å². The normalized spacial score (nSPS) is 14.7. The summed E-state index contributed by atoms with van der Waals surface area (Å²) in [7, 11) is 0. The van der Waals surface area contributed by atoms with E-state index in [1.54, 1.807) is 11.3 Å². The van der Waals surface area contributed by atoms with Crippen LogP contribution in [0.15, 0.2) is 35.3 Å². The van der Waals surface area contributed by atoms with Crippen LogP contribution in [0.2, 0.25) is 0 Å². The van der Waals surface area contributed by atoms with E-state index in [1.165, 1.54) is 5.57 Å². The van der Waals surface area contributed by atoms with Gasteiger partial charge in [-0.1, -0.05) is 17.7 Å². The Morgan fingerprint density at radius 2 is 2.28 bits per heavy atom. The molecule has 0 bridgehead atoms. The third-order valence-corrected chi connectivity index (χ3v) is 3.49. The molecule has 0 aliphatic rings. The van der Waals surface area contributed by atoms with Crippen LogP contribution in [-0.2, 0) is 0 Å². The molecule has 3 heteroatoms. The van der Waals surface area contributed by atoms with Gasteiger partial charge in [0.2, 0.25) is 0 Å². The van der Waals surface area contributed by atoms with Gasteiger partial charge < -0.3 is 5.11 Å². The van der Waals surface area contributed by atoms with E-state index in [0.29, 0.717) is 6.42 Å². The first-order valence-electron chi connectivity index (χ1n) is 6.08. The van der Waals surface area contributed by atoms with E-state index in [4.69, 9.17) is 0 Å². The van der Waals surface area contributed by atoms with Crippen LogP contribution >= 0.6 is 11.3 Å². The van der Waals surface area contributed by atoms with Gasteiger partial charge in [-0.25, -0.2) is 4.98 Å². The van der Waals surface area contributed by atoms with Crippen LogP contribution in [0.4, 0.5) is 0 Å². The van der Waals surface area contributed by atoms with Crippen molar-refractivity contribution in [3.63, 3.8) is 0 Å². The fraction of sp³-hybridized carbons (Fsp3) is 0.400. The zero-order valence-electron chi connectivity index (χ0n) is 11.3. The van der Waals surface area contributed by atoms with E-state index in [-0.39, 0.29) is 0 Å².